The number of halogens is 2. The van der Waals surface area contributed by atoms with Crippen LogP contribution in [0.3, 0.4) is 0 Å². The highest BCUT2D eigenvalue weighted by Gasteiger charge is 2.34. The third kappa shape index (κ3) is 2.94. The summed E-state index contributed by atoms with van der Waals surface area (Å²) in [6.07, 6.45) is 0. The lowest BCUT2D eigenvalue weighted by Crippen LogP contribution is -2.23. The predicted octanol–water partition coefficient (Wildman–Crippen LogP) is 4.22. The zero-order chi connectivity index (χ0) is 19.7. The second-order valence-electron chi connectivity index (χ2n) is 5.38. The van der Waals surface area contributed by atoms with Gasteiger partial charge in [-0.25, -0.2) is 0 Å². The van der Waals surface area contributed by atoms with E-state index in [1.165, 1.54) is 0 Å². The molecule has 0 radical (unpaired) electrons. The highest BCUT2D eigenvalue weighted by Crippen LogP contribution is 2.41. The van der Waals surface area contributed by atoms with Crippen molar-refractivity contribution in [2.24, 2.45) is 0 Å². The number of anilines is 1. The zero-order valence-corrected chi connectivity index (χ0v) is 16.5. The van der Waals surface area contributed by atoms with E-state index in [0.717, 1.165) is 0 Å². The van der Waals surface area contributed by atoms with Crippen molar-refractivity contribution in [1.82, 2.24) is 0 Å². The van der Waals surface area contributed by atoms with Gasteiger partial charge in [0.05, 0.1) is 16.8 Å². The topological polar surface area (TPSA) is 118 Å². The van der Waals surface area contributed by atoms with Crippen molar-refractivity contribution in [1.29, 1.82) is 15.8 Å². The van der Waals surface area contributed by atoms with Crippen LogP contribution in [0.5, 0.6) is 0 Å². The molecule has 0 unspecified atom stereocenters. The molecule has 6 nitrogen and oxygen atoms in total. The number of benzene rings is 2. The Balaban J connectivity index is 2.32. The number of nitriles is 3. The Kier molecular flexibility index (Phi) is 4.92. The number of rotatable bonds is 2. The van der Waals surface area contributed by atoms with E-state index in [1.54, 1.807) is 48.5 Å². The predicted molar refractivity (Wildman–Crippen MR) is 103 cm³/mol. The lowest BCUT2D eigenvalue weighted by molar-refractivity contribution is 0.0979. The van der Waals surface area contributed by atoms with Gasteiger partial charge in [-0.3, -0.25) is 9.59 Å². The van der Waals surface area contributed by atoms with Crippen LogP contribution in [0.25, 0.3) is 0 Å². The number of allylic oxidation sites excluding steroid dienone is 2. The van der Waals surface area contributed by atoms with E-state index < -0.39 is 11.4 Å². The van der Waals surface area contributed by atoms with E-state index >= 15 is 0 Å². The van der Waals surface area contributed by atoms with Gasteiger partial charge in [0.15, 0.2) is 17.1 Å². The van der Waals surface area contributed by atoms with Crippen molar-refractivity contribution < 1.29 is 9.59 Å². The SMILES string of the molecule is N#CC(C#N)=C(C#N)Nc1c(Br)cc(Br)c2c1C(=O)c1ccccc1C2=O. The van der Waals surface area contributed by atoms with Crippen LogP contribution >= 0.6 is 31.9 Å². The van der Waals surface area contributed by atoms with E-state index in [-0.39, 0.29) is 39.4 Å². The molecule has 0 aromatic heterocycles. The van der Waals surface area contributed by atoms with Gasteiger partial charge in [0.1, 0.15) is 23.9 Å². The number of carbonyl (C=O) groups is 2. The number of nitrogens with one attached hydrogen (secondary N) is 1. The first-order valence-electron chi connectivity index (χ1n) is 7.36. The number of hydrogen-bond donors (Lipinski definition) is 1. The summed E-state index contributed by atoms with van der Waals surface area (Å²) in [5.41, 5.74) is 0.127. The number of nitrogens with zero attached hydrogens (tertiary/aromatic N) is 3. The van der Waals surface area contributed by atoms with Gasteiger partial charge in [-0.05, 0) is 37.9 Å². The van der Waals surface area contributed by atoms with Gasteiger partial charge in [0.25, 0.3) is 0 Å². The van der Waals surface area contributed by atoms with Crippen molar-refractivity contribution in [3.05, 3.63) is 72.8 Å². The molecule has 3 rings (SSSR count). The van der Waals surface area contributed by atoms with Crippen LogP contribution in [-0.4, -0.2) is 11.6 Å². The van der Waals surface area contributed by atoms with Crippen LogP contribution in [0.4, 0.5) is 5.69 Å². The Morgan fingerprint density at radius 1 is 0.852 bits per heavy atom. The molecule has 1 N–H and O–H groups in total. The van der Waals surface area contributed by atoms with Gasteiger partial charge in [-0.2, -0.15) is 15.8 Å². The lowest BCUT2D eigenvalue weighted by atomic mass is 9.83. The fraction of sp³-hybridized carbons (Fsp3) is 0. The Labute approximate surface area is 170 Å². The van der Waals surface area contributed by atoms with Crippen LogP contribution in [-0.2, 0) is 0 Å². The van der Waals surface area contributed by atoms with Crippen LogP contribution in [0.2, 0.25) is 0 Å². The molecule has 0 atom stereocenters. The van der Waals surface area contributed by atoms with Crippen LogP contribution in [0.1, 0.15) is 31.8 Å². The molecule has 0 aliphatic heterocycles. The average molecular weight is 482 g/mol. The molecule has 0 heterocycles. The Bertz CT molecular complexity index is 1180. The minimum atomic E-state index is -0.434. The maximum absolute atomic E-state index is 13.1. The van der Waals surface area contributed by atoms with Crippen molar-refractivity contribution in [3.8, 4) is 18.2 Å². The molecule has 0 bridgehead atoms. The third-order valence-corrected chi connectivity index (χ3v) is 5.19. The van der Waals surface area contributed by atoms with Gasteiger partial charge in [-0.1, -0.05) is 24.3 Å². The summed E-state index contributed by atoms with van der Waals surface area (Å²) >= 11 is 6.62. The quantitative estimate of drug-likeness (QED) is 0.547. The van der Waals surface area contributed by atoms with Crippen LogP contribution in [0.15, 0.2) is 50.5 Å². The molecule has 1 aliphatic carbocycles. The van der Waals surface area contributed by atoms with E-state index in [0.29, 0.717) is 8.95 Å². The summed E-state index contributed by atoms with van der Waals surface area (Å²) in [6.45, 7) is 0. The molecule has 128 valence electrons. The monoisotopic (exact) mass is 480 g/mol. The van der Waals surface area contributed by atoms with E-state index in [1.807, 2.05) is 0 Å². The summed E-state index contributed by atoms with van der Waals surface area (Å²) in [6, 6.07) is 13.0. The lowest BCUT2D eigenvalue weighted by Gasteiger charge is -2.23. The molecule has 27 heavy (non-hydrogen) atoms. The summed E-state index contributed by atoms with van der Waals surface area (Å²) in [7, 11) is 0. The molecular weight excluding hydrogens is 476 g/mol. The summed E-state index contributed by atoms with van der Waals surface area (Å²) < 4.78 is 0.794. The fourth-order valence-corrected chi connectivity index (χ4v) is 4.19. The zero-order valence-electron chi connectivity index (χ0n) is 13.3. The molecule has 2 aromatic carbocycles. The Hall–Kier alpha value is -3.25. The van der Waals surface area contributed by atoms with E-state index in [9.17, 15) is 14.9 Å². The second kappa shape index (κ2) is 7.17. The highest BCUT2D eigenvalue weighted by molar-refractivity contribution is 9.11. The maximum Gasteiger partial charge on any atom is 0.196 e. The van der Waals surface area contributed by atoms with Crippen molar-refractivity contribution in [3.63, 3.8) is 0 Å². The number of ketones is 2. The molecule has 1 aliphatic rings. The largest absolute Gasteiger partial charge is 0.344 e. The van der Waals surface area contributed by atoms with Crippen molar-refractivity contribution in [2.75, 3.05) is 5.32 Å². The highest BCUT2D eigenvalue weighted by atomic mass is 79.9. The normalized spacial score (nSPS) is 11.4. The van der Waals surface area contributed by atoms with Gasteiger partial charge in [0.2, 0.25) is 0 Å². The van der Waals surface area contributed by atoms with Gasteiger partial charge < -0.3 is 5.32 Å². The standard InChI is InChI=1S/C19H6Br2N4O2/c20-12-5-13(21)17(25-14(8-24)9(6-22)7-23)16-15(12)18(26)10-3-1-2-4-11(10)19(16)27/h1-5,25H. The smallest absolute Gasteiger partial charge is 0.196 e. The average Bonchev–Trinajstić information content (AvgIpc) is 2.67. The first kappa shape index (κ1) is 18.5. The third-order valence-electron chi connectivity index (χ3n) is 3.94. The molecule has 0 spiro atoms. The minimum Gasteiger partial charge on any atom is -0.344 e. The van der Waals surface area contributed by atoms with Crippen molar-refractivity contribution >= 4 is 49.1 Å². The maximum atomic E-state index is 13.1. The fourth-order valence-electron chi connectivity index (χ4n) is 2.75. The Morgan fingerprint density at radius 2 is 1.41 bits per heavy atom. The molecule has 0 saturated heterocycles. The molecular formula is C19H6Br2N4O2. The molecule has 0 amide bonds. The minimum absolute atomic E-state index is 0.0583. The number of hydrogen-bond acceptors (Lipinski definition) is 6. The van der Waals surface area contributed by atoms with Crippen LogP contribution < -0.4 is 5.32 Å². The first-order valence-corrected chi connectivity index (χ1v) is 8.95. The summed E-state index contributed by atoms with van der Waals surface area (Å²) in [5.74, 6) is -0.747. The summed E-state index contributed by atoms with van der Waals surface area (Å²) in [4.78, 5) is 26.0. The molecule has 0 saturated carbocycles. The molecule has 2 aromatic rings. The van der Waals surface area contributed by atoms with Crippen LogP contribution in [0, 0.1) is 34.0 Å². The van der Waals surface area contributed by atoms with Gasteiger partial charge in [-0.15, -0.1) is 0 Å². The number of fused-ring (bicyclic) bond motifs is 2. The van der Waals surface area contributed by atoms with Gasteiger partial charge in [0, 0.05) is 20.1 Å². The van der Waals surface area contributed by atoms with Gasteiger partial charge >= 0.3 is 0 Å². The van der Waals surface area contributed by atoms with E-state index in [4.69, 9.17) is 10.5 Å². The second-order valence-corrected chi connectivity index (χ2v) is 7.09. The van der Waals surface area contributed by atoms with E-state index in [2.05, 4.69) is 37.2 Å². The first-order chi connectivity index (χ1) is 12.9. The molecule has 0 fully saturated rings. The number of carbonyl (C=O) groups excluding carboxylic acids is 2. The molecule has 8 heteroatoms. The van der Waals surface area contributed by atoms with Crippen molar-refractivity contribution in [2.45, 2.75) is 0 Å². The summed E-state index contributed by atoms with van der Waals surface area (Å²) in [5, 5.41) is 30.0. The Morgan fingerprint density at radius 3 is 1.93 bits per heavy atom.